The molecule has 0 spiro atoms. The standard InChI is InChI=1S/C23H28N2O5S/c1-4-12-24-20-11-13-25(31(27,28)18-8-5-16(2)6-9-18)21-14-17(29-3)7-10-19(21)23(20)30-15-22(24)26/h5-10,14,20,23H,4,11-13,15H2,1-3H3/t20-,23-/m0/s1. The van der Waals surface area contributed by atoms with Gasteiger partial charge in [-0.1, -0.05) is 30.7 Å². The number of sulfonamides is 1. The highest BCUT2D eigenvalue weighted by molar-refractivity contribution is 7.92. The second-order valence-corrected chi connectivity index (χ2v) is 9.85. The van der Waals surface area contributed by atoms with Crippen molar-refractivity contribution < 1.29 is 22.7 Å². The van der Waals surface area contributed by atoms with E-state index in [1.54, 1.807) is 37.4 Å². The van der Waals surface area contributed by atoms with Crippen molar-refractivity contribution >= 4 is 21.6 Å². The van der Waals surface area contributed by atoms with Crippen LogP contribution in [0.5, 0.6) is 5.75 Å². The van der Waals surface area contributed by atoms with Crippen molar-refractivity contribution in [1.29, 1.82) is 0 Å². The Kier molecular flexibility index (Phi) is 5.94. The molecule has 0 radical (unpaired) electrons. The molecule has 1 fully saturated rings. The summed E-state index contributed by atoms with van der Waals surface area (Å²) in [5.41, 5.74) is 2.29. The normalized spacial score (nSPS) is 21.3. The smallest absolute Gasteiger partial charge is 0.264 e. The molecule has 2 heterocycles. The first-order valence-corrected chi connectivity index (χ1v) is 12.0. The van der Waals surface area contributed by atoms with Gasteiger partial charge in [-0.3, -0.25) is 9.10 Å². The molecule has 0 aliphatic carbocycles. The van der Waals surface area contributed by atoms with Gasteiger partial charge in [-0.05, 0) is 38.0 Å². The van der Waals surface area contributed by atoms with Crippen molar-refractivity contribution in [3.05, 3.63) is 53.6 Å². The fraction of sp³-hybridized carbons (Fsp3) is 0.435. The Balaban J connectivity index is 1.83. The van der Waals surface area contributed by atoms with E-state index in [0.717, 1.165) is 17.5 Å². The fourth-order valence-electron chi connectivity index (χ4n) is 4.40. The number of amides is 1. The number of fused-ring (bicyclic) bond motifs is 3. The van der Waals surface area contributed by atoms with Crippen molar-refractivity contribution in [3.8, 4) is 5.75 Å². The molecule has 1 saturated heterocycles. The lowest BCUT2D eigenvalue weighted by Gasteiger charge is -2.40. The lowest BCUT2D eigenvalue weighted by molar-refractivity contribution is -0.157. The predicted molar refractivity (Wildman–Crippen MR) is 118 cm³/mol. The highest BCUT2D eigenvalue weighted by atomic mass is 32.2. The van der Waals surface area contributed by atoms with E-state index in [2.05, 4.69) is 0 Å². The van der Waals surface area contributed by atoms with Gasteiger partial charge in [0.05, 0.1) is 23.7 Å². The van der Waals surface area contributed by atoms with Gasteiger partial charge < -0.3 is 14.4 Å². The first kappa shape index (κ1) is 21.6. The van der Waals surface area contributed by atoms with Gasteiger partial charge in [-0.15, -0.1) is 0 Å². The van der Waals surface area contributed by atoms with Gasteiger partial charge >= 0.3 is 0 Å². The molecule has 0 N–H and O–H groups in total. The minimum Gasteiger partial charge on any atom is -0.497 e. The van der Waals surface area contributed by atoms with Gasteiger partial charge in [0.2, 0.25) is 5.91 Å². The molecule has 7 nitrogen and oxygen atoms in total. The number of hydrogen-bond acceptors (Lipinski definition) is 5. The fourth-order valence-corrected chi connectivity index (χ4v) is 5.90. The van der Waals surface area contributed by atoms with Gasteiger partial charge in [0, 0.05) is 24.7 Å². The molecule has 166 valence electrons. The second kappa shape index (κ2) is 8.51. The summed E-state index contributed by atoms with van der Waals surface area (Å²) in [6.07, 6.45) is 0.928. The Bertz CT molecular complexity index is 1070. The van der Waals surface area contributed by atoms with E-state index in [9.17, 15) is 13.2 Å². The number of carbonyl (C=O) groups excluding carboxylic acids is 1. The number of methoxy groups -OCH3 is 1. The van der Waals surface area contributed by atoms with E-state index in [4.69, 9.17) is 9.47 Å². The monoisotopic (exact) mass is 444 g/mol. The summed E-state index contributed by atoms with van der Waals surface area (Å²) in [6, 6.07) is 12.0. The zero-order valence-electron chi connectivity index (χ0n) is 18.1. The summed E-state index contributed by atoms with van der Waals surface area (Å²) < 4.78 is 40.1. The van der Waals surface area contributed by atoms with Crippen LogP contribution in [0.25, 0.3) is 0 Å². The highest BCUT2D eigenvalue weighted by Gasteiger charge is 2.42. The molecule has 2 aromatic carbocycles. The third kappa shape index (κ3) is 3.90. The average Bonchev–Trinajstić information content (AvgIpc) is 2.93. The zero-order valence-corrected chi connectivity index (χ0v) is 18.9. The molecule has 2 aliphatic heterocycles. The predicted octanol–water partition coefficient (Wildman–Crippen LogP) is 3.28. The van der Waals surface area contributed by atoms with Crippen LogP contribution >= 0.6 is 0 Å². The van der Waals surface area contributed by atoms with Crippen molar-refractivity contribution in [2.75, 3.05) is 31.1 Å². The Labute approximate surface area is 183 Å². The molecule has 2 aromatic rings. The van der Waals surface area contributed by atoms with Crippen LogP contribution in [0.1, 0.15) is 37.0 Å². The third-order valence-corrected chi connectivity index (χ3v) is 7.80. The van der Waals surface area contributed by atoms with Gasteiger partial charge in [0.25, 0.3) is 10.0 Å². The zero-order chi connectivity index (χ0) is 22.2. The van der Waals surface area contributed by atoms with Crippen LogP contribution in [0, 0.1) is 6.92 Å². The van der Waals surface area contributed by atoms with E-state index in [1.165, 1.54) is 4.31 Å². The number of anilines is 1. The minimum absolute atomic E-state index is 0.00263. The number of nitrogens with zero attached hydrogens (tertiary/aromatic N) is 2. The van der Waals surface area contributed by atoms with E-state index in [-0.39, 0.29) is 36.1 Å². The third-order valence-electron chi connectivity index (χ3n) is 5.97. The van der Waals surface area contributed by atoms with Crippen LogP contribution in [0.4, 0.5) is 5.69 Å². The van der Waals surface area contributed by atoms with Crippen molar-refractivity contribution in [1.82, 2.24) is 4.90 Å². The number of aryl methyl sites for hydroxylation is 1. The van der Waals surface area contributed by atoms with E-state index in [0.29, 0.717) is 24.4 Å². The average molecular weight is 445 g/mol. The quantitative estimate of drug-likeness (QED) is 0.707. The van der Waals surface area contributed by atoms with Crippen LogP contribution in [-0.2, 0) is 19.6 Å². The molecule has 2 aliphatic rings. The van der Waals surface area contributed by atoms with Gasteiger partial charge in [0.15, 0.2) is 0 Å². The number of carbonyl (C=O) groups is 1. The van der Waals surface area contributed by atoms with Crippen LogP contribution < -0.4 is 9.04 Å². The highest BCUT2D eigenvalue weighted by Crippen LogP contribution is 2.43. The summed E-state index contributed by atoms with van der Waals surface area (Å²) in [7, 11) is -2.25. The molecule has 0 aromatic heterocycles. The van der Waals surface area contributed by atoms with E-state index < -0.39 is 10.0 Å². The maximum Gasteiger partial charge on any atom is 0.264 e. The number of morpholine rings is 1. The Morgan fingerprint density at radius 1 is 1.16 bits per heavy atom. The Morgan fingerprint density at radius 2 is 1.90 bits per heavy atom. The molecule has 8 heteroatoms. The van der Waals surface area contributed by atoms with E-state index >= 15 is 0 Å². The van der Waals surface area contributed by atoms with Crippen molar-refractivity contribution in [3.63, 3.8) is 0 Å². The lowest BCUT2D eigenvalue weighted by Crippen LogP contribution is -2.51. The van der Waals surface area contributed by atoms with Gasteiger partial charge in [0.1, 0.15) is 18.5 Å². The largest absolute Gasteiger partial charge is 0.497 e. The Hall–Kier alpha value is -2.58. The lowest BCUT2D eigenvalue weighted by atomic mass is 9.96. The van der Waals surface area contributed by atoms with Gasteiger partial charge in [-0.2, -0.15) is 0 Å². The summed E-state index contributed by atoms with van der Waals surface area (Å²) in [6.45, 7) is 4.82. The van der Waals surface area contributed by atoms with E-state index in [1.807, 2.05) is 30.9 Å². The second-order valence-electron chi connectivity index (χ2n) is 7.99. The molecule has 1 amide bonds. The maximum atomic E-state index is 13.7. The molecule has 31 heavy (non-hydrogen) atoms. The van der Waals surface area contributed by atoms with Crippen LogP contribution in [-0.4, -0.2) is 52.1 Å². The molecule has 0 saturated carbocycles. The Morgan fingerprint density at radius 3 is 2.58 bits per heavy atom. The van der Waals surface area contributed by atoms with Crippen LogP contribution in [0.15, 0.2) is 47.4 Å². The molecular weight excluding hydrogens is 416 g/mol. The van der Waals surface area contributed by atoms with Crippen molar-refractivity contribution in [2.24, 2.45) is 0 Å². The van der Waals surface area contributed by atoms with Crippen LogP contribution in [0.2, 0.25) is 0 Å². The number of benzene rings is 2. The topological polar surface area (TPSA) is 76.2 Å². The molecular formula is C23H28N2O5S. The van der Waals surface area contributed by atoms with Gasteiger partial charge in [-0.25, -0.2) is 8.42 Å². The maximum absolute atomic E-state index is 13.7. The number of ether oxygens (including phenoxy) is 2. The first-order valence-electron chi connectivity index (χ1n) is 10.5. The van der Waals surface area contributed by atoms with Crippen LogP contribution in [0.3, 0.4) is 0 Å². The SMILES string of the molecule is CCCN1C(=O)CO[C@H]2c3ccc(OC)cc3N(S(=O)(=O)c3ccc(C)cc3)CC[C@@H]21. The number of hydrogen-bond donors (Lipinski definition) is 0. The summed E-state index contributed by atoms with van der Waals surface area (Å²) in [5.74, 6) is 0.520. The molecule has 2 atom stereocenters. The molecule has 0 unspecified atom stereocenters. The summed E-state index contributed by atoms with van der Waals surface area (Å²) in [5, 5.41) is 0. The summed E-state index contributed by atoms with van der Waals surface area (Å²) in [4.78, 5) is 14.6. The summed E-state index contributed by atoms with van der Waals surface area (Å²) >= 11 is 0. The number of rotatable bonds is 5. The molecule has 4 rings (SSSR count). The molecule has 0 bridgehead atoms. The minimum atomic E-state index is -3.81. The first-order chi connectivity index (χ1) is 14.9. The van der Waals surface area contributed by atoms with Crippen molar-refractivity contribution in [2.45, 2.75) is 43.7 Å².